The average molecular weight is 405 g/mol. The molecule has 1 fully saturated rings. The summed E-state index contributed by atoms with van der Waals surface area (Å²) in [5.41, 5.74) is 0. The zero-order chi connectivity index (χ0) is 21.3. The first-order valence-corrected chi connectivity index (χ1v) is 9.10. The number of alkyl halides is 3. The van der Waals surface area contributed by atoms with Gasteiger partial charge in [-0.05, 0) is 25.2 Å². The molecule has 1 saturated heterocycles. The number of amides is 4. The molecule has 4 amide bonds. The lowest BCUT2D eigenvalue weighted by molar-refractivity contribution is -0.133. The first-order chi connectivity index (χ1) is 13.0. The minimum Gasteiger partial charge on any atom is -0.356 e. The summed E-state index contributed by atoms with van der Waals surface area (Å²) in [7, 11) is 0. The number of carbonyl (C=O) groups excluding carboxylic acids is 3. The lowest BCUT2D eigenvalue weighted by Crippen LogP contribution is -2.52. The Kier molecular flexibility index (Phi) is 9.02. The molecular formula is C17H26F3N5O3. The Morgan fingerprint density at radius 2 is 2.00 bits per heavy atom. The van der Waals surface area contributed by atoms with Crippen LogP contribution in [0.3, 0.4) is 0 Å². The second-order valence-corrected chi connectivity index (χ2v) is 7.15. The van der Waals surface area contributed by atoms with Gasteiger partial charge in [0.2, 0.25) is 11.8 Å². The van der Waals surface area contributed by atoms with Gasteiger partial charge in [0.25, 0.3) is 0 Å². The zero-order valence-corrected chi connectivity index (χ0v) is 15.9. The maximum Gasteiger partial charge on any atom is 0.390 e. The molecule has 1 aliphatic heterocycles. The zero-order valence-electron chi connectivity index (χ0n) is 15.9. The van der Waals surface area contributed by atoms with Gasteiger partial charge in [-0.2, -0.15) is 18.4 Å². The molecule has 1 heterocycles. The average Bonchev–Trinajstić information content (AvgIpc) is 2.96. The van der Waals surface area contributed by atoms with Crippen molar-refractivity contribution in [1.82, 2.24) is 21.3 Å². The van der Waals surface area contributed by atoms with Crippen molar-refractivity contribution in [3.63, 3.8) is 0 Å². The highest BCUT2D eigenvalue weighted by Gasteiger charge is 2.30. The Morgan fingerprint density at radius 3 is 2.50 bits per heavy atom. The van der Waals surface area contributed by atoms with Crippen LogP contribution in [0.25, 0.3) is 0 Å². The van der Waals surface area contributed by atoms with Gasteiger partial charge in [0.15, 0.2) is 0 Å². The summed E-state index contributed by atoms with van der Waals surface area (Å²) in [5, 5.41) is 18.8. The van der Waals surface area contributed by atoms with Crippen LogP contribution in [0.5, 0.6) is 0 Å². The van der Waals surface area contributed by atoms with Crippen LogP contribution in [0.2, 0.25) is 0 Å². The van der Waals surface area contributed by atoms with E-state index in [1.807, 2.05) is 19.9 Å². The van der Waals surface area contributed by atoms with Crippen LogP contribution in [-0.4, -0.2) is 49.2 Å². The van der Waals surface area contributed by atoms with E-state index in [9.17, 15) is 32.8 Å². The van der Waals surface area contributed by atoms with Crippen LogP contribution >= 0.6 is 0 Å². The van der Waals surface area contributed by atoms with Crippen molar-refractivity contribution in [2.24, 2.45) is 11.8 Å². The van der Waals surface area contributed by atoms with Gasteiger partial charge in [-0.25, -0.2) is 4.79 Å². The molecule has 3 atom stereocenters. The van der Waals surface area contributed by atoms with E-state index in [-0.39, 0.29) is 30.6 Å². The third kappa shape index (κ3) is 8.92. The van der Waals surface area contributed by atoms with Gasteiger partial charge < -0.3 is 21.3 Å². The van der Waals surface area contributed by atoms with Crippen LogP contribution in [0.15, 0.2) is 0 Å². The Balaban J connectivity index is 2.61. The molecule has 0 aromatic rings. The first kappa shape index (κ1) is 23.5. The molecule has 0 aromatic heterocycles. The van der Waals surface area contributed by atoms with Crippen LogP contribution in [0.1, 0.15) is 39.5 Å². The number of nitrogens with one attached hydrogen (secondary N) is 4. The number of hydrogen-bond donors (Lipinski definition) is 4. The normalized spacial score (nSPS) is 18.8. The number of hydrogen-bond acceptors (Lipinski definition) is 4. The fourth-order valence-corrected chi connectivity index (χ4v) is 2.80. The van der Waals surface area contributed by atoms with Gasteiger partial charge in [0.1, 0.15) is 12.1 Å². The SMILES string of the molecule is CC(C)C[C@H](NC(=O)NCCC(F)(F)F)C(=O)N[C@H](C#N)C[C@@H]1CCNC1=O. The maximum atomic E-state index is 12.5. The maximum absolute atomic E-state index is 12.5. The lowest BCUT2D eigenvalue weighted by Gasteiger charge is -2.22. The summed E-state index contributed by atoms with van der Waals surface area (Å²) in [4.78, 5) is 35.9. The minimum absolute atomic E-state index is 0.00682. The fraction of sp³-hybridized carbons (Fsp3) is 0.765. The minimum atomic E-state index is -4.39. The molecule has 4 N–H and O–H groups in total. The van der Waals surface area contributed by atoms with Gasteiger partial charge in [0.05, 0.1) is 12.5 Å². The van der Waals surface area contributed by atoms with Crippen molar-refractivity contribution in [2.45, 2.75) is 57.8 Å². The van der Waals surface area contributed by atoms with Crippen LogP contribution < -0.4 is 21.3 Å². The van der Waals surface area contributed by atoms with Crippen LogP contribution in [0.4, 0.5) is 18.0 Å². The quantitative estimate of drug-likeness (QED) is 0.460. The number of nitrogens with zero attached hydrogens (tertiary/aromatic N) is 1. The molecule has 1 rings (SSSR count). The molecule has 158 valence electrons. The van der Waals surface area contributed by atoms with E-state index in [1.54, 1.807) is 0 Å². The third-order valence-electron chi connectivity index (χ3n) is 4.18. The molecule has 11 heteroatoms. The number of rotatable bonds is 9. The summed E-state index contributed by atoms with van der Waals surface area (Å²) >= 11 is 0. The highest BCUT2D eigenvalue weighted by molar-refractivity contribution is 5.87. The van der Waals surface area contributed by atoms with Crippen molar-refractivity contribution < 1.29 is 27.6 Å². The molecule has 0 spiro atoms. The Bertz CT molecular complexity index is 604. The fourth-order valence-electron chi connectivity index (χ4n) is 2.80. The molecule has 0 unspecified atom stereocenters. The molecular weight excluding hydrogens is 379 g/mol. The monoisotopic (exact) mass is 405 g/mol. The summed E-state index contributed by atoms with van der Waals surface area (Å²) in [5.74, 6) is -1.15. The van der Waals surface area contributed by atoms with Crippen molar-refractivity contribution in [3.8, 4) is 6.07 Å². The summed E-state index contributed by atoms with van der Waals surface area (Å²) in [6.45, 7) is 3.54. The molecule has 28 heavy (non-hydrogen) atoms. The summed E-state index contributed by atoms with van der Waals surface area (Å²) in [6.07, 6.45) is -4.61. The van der Waals surface area contributed by atoms with Gasteiger partial charge in [0, 0.05) is 19.0 Å². The number of urea groups is 1. The number of carbonyl (C=O) groups is 3. The first-order valence-electron chi connectivity index (χ1n) is 9.10. The Labute approximate surface area is 161 Å². The number of halogens is 3. The summed E-state index contributed by atoms with van der Waals surface area (Å²) < 4.78 is 36.5. The molecule has 0 aliphatic carbocycles. The molecule has 0 bridgehead atoms. The predicted molar refractivity (Wildman–Crippen MR) is 93.7 cm³/mol. The van der Waals surface area contributed by atoms with E-state index in [2.05, 4.69) is 21.3 Å². The van der Waals surface area contributed by atoms with Gasteiger partial charge >= 0.3 is 12.2 Å². The lowest BCUT2D eigenvalue weighted by atomic mass is 9.98. The molecule has 8 nitrogen and oxygen atoms in total. The Morgan fingerprint density at radius 1 is 1.32 bits per heavy atom. The second kappa shape index (κ2) is 10.7. The van der Waals surface area contributed by atoms with E-state index in [1.165, 1.54) is 0 Å². The van der Waals surface area contributed by atoms with Gasteiger partial charge in [-0.3, -0.25) is 9.59 Å². The summed E-state index contributed by atoms with van der Waals surface area (Å²) in [6, 6.07) is -0.893. The molecule has 1 aliphatic rings. The second-order valence-electron chi connectivity index (χ2n) is 7.15. The van der Waals surface area contributed by atoms with E-state index in [4.69, 9.17) is 0 Å². The van der Waals surface area contributed by atoms with Crippen molar-refractivity contribution in [3.05, 3.63) is 0 Å². The highest BCUT2D eigenvalue weighted by atomic mass is 19.4. The standard InChI is InChI=1S/C17H26F3N5O3/c1-10(2)7-13(25-16(28)23-6-4-17(18,19)20)15(27)24-12(9-21)8-11-3-5-22-14(11)26/h10-13H,3-8H2,1-2H3,(H,22,26)(H,24,27)(H2,23,25,28)/t11-,12-,13-/m0/s1. The van der Waals surface area contributed by atoms with Crippen molar-refractivity contribution in [2.75, 3.05) is 13.1 Å². The smallest absolute Gasteiger partial charge is 0.356 e. The van der Waals surface area contributed by atoms with Crippen molar-refractivity contribution >= 4 is 17.8 Å². The largest absolute Gasteiger partial charge is 0.390 e. The van der Waals surface area contributed by atoms with Crippen LogP contribution in [-0.2, 0) is 9.59 Å². The predicted octanol–water partition coefficient (Wildman–Crippen LogP) is 1.19. The molecule has 0 aromatic carbocycles. The highest BCUT2D eigenvalue weighted by Crippen LogP contribution is 2.18. The van der Waals surface area contributed by atoms with Gasteiger partial charge in [-0.1, -0.05) is 13.8 Å². The van der Waals surface area contributed by atoms with E-state index in [0.717, 1.165) is 0 Å². The topological polar surface area (TPSA) is 123 Å². The van der Waals surface area contributed by atoms with Crippen LogP contribution in [0, 0.1) is 23.2 Å². The number of nitriles is 1. The van der Waals surface area contributed by atoms with E-state index < -0.39 is 43.2 Å². The van der Waals surface area contributed by atoms with E-state index in [0.29, 0.717) is 13.0 Å². The molecule has 0 radical (unpaired) electrons. The Hall–Kier alpha value is -2.51. The van der Waals surface area contributed by atoms with Crippen molar-refractivity contribution in [1.29, 1.82) is 5.26 Å². The van der Waals surface area contributed by atoms with Gasteiger partial charge in [-0.15, -0.1) is 0 Å². The van der Waals surface area contributed by atoms with E-state index >= 15 is 0 Å². The third-order valence-corrected chi connectivity index (χ3v) is 4.18. The molecule has 0 saturated carbocycles.